The van der Waals surface area contributed by atoms with Crippen molar-refractivity contribution in [1.29, 1.82) is 0 Å². The van der Waals surface area contributed by atoms with Crippen LogP contribution in [0, 0.1) is 5.92 Å². The fraction of sp³-hybridized carbons (Fsp3) is 0.500. The summed E-state index contributed by atoms with van der Waals surface area (Å²) in [5.74, 6) is -0.292. The topological polar surface area (TPSA) is 58.6 Å². The second kappa shape index (κ2) is 7.22. The molecule has 21 heavy (non-hydrogen) atoms. The van der Waals surface area contributed by atoms with Crippen LogP contribution in [0.4, 0.5) is 0 Å². The lowest BCUT2D eigenvalue weighted by molar-refractivity contribution is -0.130. The number of benzene rings is 1. The molecule has 2 rings (SSSR count). The quantitative estimate of drug-likeness (QED) is 0.856. The van der Waals surface area contributed by atoms with Crippen LogP contribution in [0.5, 0.6) is 0 Å². The molecule has 1 aliphatic heterocycles. The normalized spacial score (nSPS) is 19.6. The Hall–Kier alpha value is -1.88. The number of methoxy groups -OCH3 is 1. The first-order chi connectivity index (χ1) is 10.1. The van der Waals surface area contributed by atoms with E-state index in [9.17, 15) is 9.59 Å². The highest BCUT2D eigenvalue weighted by atomic mass is 16.5. The second-order valence-corrected chi connectivity index (χ2v) is 5.45. The van der Waals surface area contributed by atoms with E-state index in [2.05, 4.69) is 5.32 Å². The summed E-state index contributed by atoms with van der Waals surface area (Å²) in [6.45, 7) is 3.40. The van der Waals surface area contributed by atoms with Crippen LogP contribution < -0.4 is 5.32 Å². The van der Waals surface area contributed by atoms with E-state index in [1.165, 1.54) is 0 Å². The molecule has 0 bridgehead atoms. The van der Waals surface area contributed by atoms with Crippen molar-refractivity contribution in [3.8, 4) is 0 Å². The molecule has 1 aromatic rings. The maximum atomic E-state index is 12.2. The molecule has 0 aliphatic carbocycles. The van der Waals surface area contributed by atoms with E-state index >= 15 is 0 Å². The van der Waals surface area contributed by atoms with Gasteiger partial charge in [0.2, 0.25) is 11.8 Å². The number of nitrogens with zero attached hydrogens (tertiary/aromatic N) is 1. The summed E-state index contributed by atoms with van der Waals surface area (Å²) < 4.78 is 5.07. The van der Waals surface area contributed by atoms with Crippen LogP contribution in [-0.2, 0) is 20.9 Å². The Labute approximate surface area is 125 Å². The molecule has 2 atom stereocenters. The molecule has 1 fully saturated rings. The van der Waals surface area contributed by atoms with Crippen LogP contribution in [0.15, 0.2) is 30.3 Å². The highest BCUT2D eigenvalue weighted by Gasteiger charge is 2.36. The maximum Gasteiger partial charge on any atom is 0.225 e. The number of rotatable bonds is 6. The van der Waals surface area contributed by atoms with Crippen LogP contribution in [0.3, 0.4) is 0 Å². The number of nitrogens with one attached hydrogen (secondary N) is 1. The lowest BCUT2D eigenvalue weighted by Crippen LogP contribution is -2.38. The van der Waals surface area contributed by atoms with Crippen LogP contribution in [0.1, 0.15) is 18.9 Å². The van der Waals surface area contributed by atoms with E-state index in [0.29, 0.717) is 19.7 Å². The van der Waals surface area contributed by atoms with Gasteiger partial charge >= 0.3 is 0 Å². The Kier molecular flexibility index (Phi) is 5.33. The number of amides is 2. The summed E-state index contributed by atoms with van der Waals surface area (Å²) in [4.78, 5) is 25.9. The van der Waals surface area contributed by atoms with Gasteiger partial charge in [-0.15, -0.1) is 0 Å². The molecule has 114 valence electrons. The zero-order valence-corrected chi connectivity index (χ0v) is 12.5. The van der Waals surface area contributed by atoms with Crippen molar-refractivity contribution in [3.63, 3.8) is 0 Å². The Balaban J connectivity index is 1.85. The lowest BCUT2D eigenvalue weighted by Gasteiger charge is -2.23. The zero-order valence-electron chi connectivity index (χ0n) is 12.5. The van der Waals surface area contributed by atoms with E-state index in [1.54, 1.807) is 12.0 Å². The van der Waals surface area contributed by atoms with E-state index in [0.717, 1.165) is 5.56 Å². The maximum absolute atomic E-state index is 12.2. The predicted octanol–water partition coefficient (Wildman–Crippen LogP) is 1.19. The number of carbonyl (C=O) groups is 2. The van der Waals surface area contributed by atoms with Crippen LogP contribution in [0.25, 0.3) is 0 Å². The largest absolute Gasteiger partial charge is 0.383 e. The fourth-order valence-electron chi connectivity index (χ4n) is 2.59. The summed E-state index contributed by atoms with van der Waals surface area (Å²) in [6.07, 6.45) is 0.286. The summed E-state index contributed by atoms with van der Waals surface area (Å²) in [6, 6.07) is 9.76. The van der Waals surface area contributed by atoms with Gasteiger partial charge in [-0.25, -0.2) is 0 Å². The van der Waals surface area contributed by atoms with Crippen LogP contribution >= 0.6 is 0 Å². The summed E-state index contributed by atoms with van der Waals surface area (Å²) in [7, 11) is 1.61. The van der Waals surface area contributed by atoms with Gasteiger partial charge in [-0.3, -0.25) is 9.59 Å². The summed E-state index contributed by atoms with van der Waals surface area (Å²) in [5, 5.41) is 2.90. The molecule has 0 aromatic heterocycles. The molecule has 1 N–H and O–H groups in total. The first-order valence-corrected chi connectivity index (χ1v) is 7.22. The second-order valence-electron chi connectivity index (χ2n) is 5.45. The Morgan fingerprint density at radius 3 is 2.81 bits per heavy atom. The Morgan fingerprint density at radius 1 is 1.43 bits per heavy atom. The van der Waals surface area contributed by atoms with Crippen molar-refractivity contribution in [1.82, 2.24) is 10.2 Å². The van der Waals surface area contributed by atoms with E-state index < -0.39 is 0 Å². The average Bonchev–Trinajstić information content (AvgIpc) is 2.88. The molecule has 5 heteroatoms. The van der Waals surface area contributed by atoms with Gasteiger partial charge in [0.25, 0.3) is 0 Å². The SMILES string of the molecule is COC[C@@H](C)N1C[C@H](C(=O)NCc2ccccc2)CC1=O. The molecule has 2 amide bonds. The number of ether oxygens (including phenoxy) is 1. The van der Waals surface area contributed by atoms with Gasteiger partial charge in [-0.1, -0.05) is 30.3 Å². The minimum atomic E-state index is -0.263. The van der Waals surface area contributed by atoms with Gasteiger partial charge in [0.1, 0.15) is 0 Å². The highest BCUT2D eigenvalue weighted by molar-refractivity contribution is 5.89. The van der Waals surface area contributed by atoms with Crippen molar-refractivity contribution in [2.75, 3.05) is 20.3 Å². The minimum Gasteiger partial charge on any atom is -0.383 e. The standard InChI is InChI=1S/C16H22N2O3/c1-12(11-21-2)18-10-14(8-15(18)19)16(20)17-9-13-6-4-3-5-7-13/h3-7,12,14H,8-11H2,1-2H3,(H,17,20)/t12-,14-/m1/s1. The zero-order chi connectivity index (χ0) is 15.2. The third-order valence-corrected chi connectivity index (χ3v) is 3.78. The van der Waals surface area contributed by atoms with Gasteiger partial charge in [0.15, 0.2) is 0 Å². The lowest BCUT2D eigenvalue weighted by atomic mass is 10.1. The first-order valence-electron chi connectivity index (χ1n) is 7.22. The van der Waals surface area contributed by atoms with E-state index in [1.807, 2.05) is 37.3 Å². The summed E-state index contributed by atoms with van der Waals surface area (Å²) >= 11 is 0. The molecule has 0 unspecified atom stereocenters. The number of hydrogen-bond donors (Lipinski definition) is 1. The van der Waals surface area contributed by atoms with Crippen molar-refractivity contribution < 1.29 is 14.3 Å². The third kappa shape index (κ3) is 4.04. The first kappa shape index (κ1) is 15.5. The molecule has 5 nitrogen and oxygen atoms in total. The van der Waals surface area contributed by atoms with Gasteiger partial charge in [-0.05, 0) is 12.5 Å². The van der Waals surface area contributed by atoms with Gasteiger partial charge in [0.05, 0.1) is 18.6 Å². The molecule has 1 aromatic carbocycles. The van der Waals surface area contributed by atoms with E-state index in [-0.39, 0.29) is 30.2 Å². The van der Waals surface area contributed by atoms with Crippen molar-refractivity contribution >= 4 is 11.8 Å². The monoisotopic (exact) mass is 290 g/mol. The minimum absolute atomic E-state index is 0.00873. The molecule has 0 radical (unpaired) electrons. The van der Waals surface area contributed by atoms with Crippen molar-refractivity contribution in [2.24, 2.45) is 5.92 Å². The van der Waals surface area contributed by atoms with Crippen LogP contribution in [-0.4, -0.2) is 43.0 Å². The predicted molar refractivity (Wildman–Crippen MR) is 79.4 cm³/mol. The Morgan fingerprint density at radius 2 is 2.14 bits per heavy atom. The number of carbonyl (C=O) groups excluding carboxylic acids is 2. The molecule has 1 heterocycles. The number of hydrogen-bond acceptors (Lipinski definition) is 3. The average molecular weight is 290 g/mol. The summed E-state index contributed by atoms with van der Waals surface area (Å²) in [5.41, 5.74) is 1.06. The molecule has 0 saturated carbocycles. The van der Waals surface area contributed by atoms with Gasteiger partial charge in [-0.2, -0.15) is 0 Å². The molecular formula is C16H22N2O3. The van der Waals surface area contributed by atoms with Crippen LogP contribution in [0.2, 0.25) is 0 Å². The molecular weight excluding hydrogens is 268 g/mol. The van der Waals surface area contributed by atoms with Gasteiger partial charge < -0.3 is 15.0 Å². The number of likely N-dealkylation sites (tertiary alicyclic amines) is 1. The van der Waals surface area contributed by atoms with Gasteiger partial charge in [0, 0.05) is 26.6 Å². The third-order valence-electron chi connectivity index (χ3n) is 3.78. The highest BCUT2D eigenvalue weighted by Crippen LogP contribution is 2.20. The fourth-order valence-corrected chi connectivity index (χ4v) is 2.59. The molecule has 1 saturated heterocycles. The molecule has 0 spiro atoms. The smallest absolute Gasteiger partial charge is 0.225 e. The van der Waals surface area contributed by atoms with E-state index in [4.69, 9.17) is 4.74 Å². The van der Waals surface area contributed by atoms with Crippen molar-refractivity contribution in [2.45, 2.75) is 25.9 Å². The molecule has 1 aliphatic rings. The van der Waals surface area contributed by atoms with Crippen molar-refractivity contribution in [3.05, 3.63) is 35.9 Å². The Bertz CT molecular complexity index is 490.